The molecule has 53 heavy (non-hydrogen) atoms. The van der Waals surface area contributed by atoms with Crippen LogP contribution in [0, 0.1) is 11.3 Å². The fraction of sp³-hybridized carbons (Fsp3) is 0.0952. The number of para-hydroxylation sites is 2. The molecular weight excluding hydrogens is 661 g/mol. The van der Waals surface area contributed by atoms with Crippen molar-refractivity contribution in [1.29, 1.82) is 5.26 Å². The summed E-state index contributed by atoms with van der Waals surface area (Å²) >= 11 is 0. The lowest BCUT2D eigenvalue weighted by Crippen LogP contribution is -2.07. The summed E-state index contributed by atoms with van der Waals surface area (Å²) in [6, 6.07) is 42.9. The minimum atomic E-state index is 0.159. The number of pyridine rings is 2. The Hall–Kier alpha value is -7.32. The summed E-state index contributed by atoms with van der Waals surface area (Å²) in [4.78, 5) is 22.9. The standard InChI is InChI=1S/C42H36N10O/c1-2-28-13-18-31(45-27-28)23-24-53-35-21-16-29(17-22-35)36-25-38(49-39(44)37(36)26-43)30-14-19-34(20-15-30)48-42-51-40(46-32-9-5-3-6-10-32)50-41(52-42)47-33-11-7-4-8-12-33/h3-22,25,27H,2,23-24H2,1H3,(H2,44,49)(H3,46,47,48,50,51,52). The van der Waals surface area contributed by atoms with E-state index in [2.05, 4.69) is 59.9 Å². The molecule has 4 aromatic carbocycles. The molecule has 0 saturated carbocycles. The summed E-state index contributed by atoms with van der Waals surface area (Å²) in [6.07, 6.45) is 3.58. The molecule has 0 aliphatic heterocycles. The third-order valence-corrected chi connectivity index (χ3v) is 8.38. The van der Waals surface area contributed by atoms with Crippen LogP contribution in [0.25, 0.3) is 22.4 Å². The molecule has 0 radical (unpaired) electrons. The highest BCUT2D eigenvalue weighted by Crippen LogP contribution is 2.33. The Morgan fingerprint density at radius 3 is 1.75 bits per heavy atom. The molecule has 0 atom stereocenters. The van der Waals surface area contributed by atoms with E-state index in [1.807, 2.05) is 128 Å². The zero-order valence-electron chi connectivity index (χ0n) is 29.0. The number of nitrogens with zero attached hydrogens (tertiary/aromatic N) is 6. The van der Waals surface area contributed by atoms with Crippen molar-refractivity contribution in [1.82, 2.24) is 24.9 Å². The number of hydrogen-bond donors (Lipinski definition) is 4. The Labute approximate surface area is 307 Å². The average Bonchev–Trinajstić information content (AvgIpc) is 3.19. The van der Waals surface area contributed by atoms with Gasteiger partial charge in [-0.25, -0.2) is 4.98 Å². The maximum atomic E-state index is 9.98. The van der Waals surface area contributed by atoms with Crippen LogP contribution in [0.5, 0.6) is 5.75 Å². The second kappa shape index (κ2) is 16.1. The predicted octanol–water partition coefficient (Wildman–Crippen LogP) is 8.86. The van der Waals surface area contributed by atoms with Gasteiger partial charge in [-0.3, -0.25) is 4.98 Å². The quantitative estimate of drug-likeness (QED) is 0.0912. The van der Waals surface area contributed by atoms with Gasteiger partial charge in [0.25, 0.3) is 0 Å². The smallest absolute Gasteiger partial charge is 0.233 e. The van der Waals surface area contributed by atoms with Crippen LogP contribution in [0.2, 0.25) is 0 Å². The SMILES string of the molecule is CCc1ccc(CCOc2ccc(-c3cc(-c4ccc(Nc5nc(Nc6ccccc6)nc(Nc6ccccc6)n5)cc4)nc(N)c3C#N)cc2)nc1. The van der Waals surface area contributed by atoms with Crippen LogP contribution < -0.4 is 26.4 Å². The molecule has 0 aliphatic rings. The van der Waals surface area contributed by atoms with Gasteiger partial charge in [-0.15, -0.1) is 0 Å². The minimum Gasteiger partial charge on any atom is -0.493 e. The van der Waals surface area contributed by atoms with E-state index >= 15 is 0 Å². The van der Waals surface area contributed by atoms with Gasteiger partial charge in [-0.2, -0.15) is 20.2 Å². The van der Waals surface area contributed by atoms with Gasteiger partial charge in [0.2, 0.25) is 17.8 Å². The number of nitrogens with one attached hydrogen (secondary N) is 3. The number of nitrogen functional groups attached to an aromatic ring is 1. The highest BCUT2D eigenvalue weighted by atomic mass is 16.5. The second-order valence-electron chi connectivity index (χ2n) is 12.1. The molecule has 11 nitrogen and oxygen atoms in total. The molecule has 7 rings (SSSR count). The van der Waals surface area contributed by atoms with E-state index in [1.165, 1.54) is 5.56 Å². The molecule has 0 unspecified atom stereocenters. The molecular formula is C42H36N10O. The predicted molar refractivity (Wildman–Crippen MR) is 210 cm³/mol. The Kier molecular flexibility index (Phi) is 10.4. The van der Waals surface area contributed by atoms with Crippen molar-refractivity contribution in [2.24, 2.45) is 0 Å². The van der Waals surface area contributed by atoms with E-state index in [1.54, 1.807) is 0 Å². The first-order valence-electron chi connectivity index (χ1n) is 17.2. The third-order valence-electron chi connectivity index (χ3n) is 8.38. The van der Waals surface area contributed by atoms with Crippen molar-refractivity contribution in [2.75, 3.05) is 28.3 Å². The molecule has 0 spiro atoms. The van der Waals surface area contributed by atoms with E-state index < -0.39 is 0 Å². The summed E-state index contributed by atoms with van der Waals surface area (Å²) in [6.45, 7) is 2.62. The molecule has 11 heteroatoms. The van der Waals surface area contributed by atoms with E-state index in [4.69, 9.17) is 10.5 Å². The summed E-state index contributed by atoms with van der Waals surface area (Å²) in [5, 5.41) is 19.8. The Morgan fingerprint density at radius 1 is 0.660 bits per heavy atom. The Bertz CT molecular complexity index is 2270. The Morgan fingerprint density at radius 2 is 1.23 bits per heavy atom. The number of aryl methyl sites for hydroxylation is 1. The van der Waals surface area contributed by atoms with Crippen molar-refractivity contribution >= 4 is 40.7 Å². The molecule has 260 valence electrons. The first-order chi connectivity index (χ1) is 26.0. The molecule has 5 N–H and O–H groups in total. The molecule has 0 bridgehead atoms. The lowest BCUT2D eigenvalue weighted by Gasteiger charge is -2.13. The van der Waals surface area contributed by atoms with Gasteiger partial charge in [-0.05, 0) is 78.2 Å². The van der Waals surface area contributed by atoms with Gasteiger partial charge in [-0.1, -0.05) is 73.7 Å². The lowest BCUT2D eigenvalue weighted by molar-refractivity contribution is 0.320. The fourth-order valence-corrected chi connectivity index (χ4v) is 5.57. The monoisotopic (exact) mass is 696 g/mol. The number of hydrogen-bond acceptors (Lipinski definition) is 11. The van der Waals surface area contributed by atoms with E-state index in [0.717, 1.165) is 46.1 Å². The van der Waals surface area contributed by atoms with E-state index in [-0.39, 0.29) is 5.82 Å². The third kappa shape index (κ3) is 8.71. The van der Waals surface area contributed by atoms with Crippen molar-refractivity contribution in [3.8, 4) is 34.2 Å². The molecule has 0 saturated heterocycles. The van der Waals surface area contributed by atoms with Crippen LogP contribution in [-0.2, 0) is 12.8 Å². The van der Waals surface area contributed by atoms with Gasteiger partial charge in [0.1, 0.15) is 23.2 Å². The van der Waals surface area contributed by atoms with Gasteiger partial charge < -0.3 is 26.4 Å². The fourth-order valence-electron chi connectivity index (χ4n) is 5.57. The second-order valence-corrected chi connectivity index (χ2v) is 12.1. The van der Waals surface area contributed by atoms with Crippen LogP contribution in [0.3, 0.4) is 0 Å². The molecule has 0 fully saturated rings. The summed E-state index contributed by atoms with van der Waals surface area (Å²) in [7, 11) is 0. The van der Waals surface area contributed by atoms with Gasteiger partial charge in [0.05, 0.1) is 12.3 Å². The molecule has 0 aliphatic carbocycles. The zero-order valence-corrected chi connectivity index (χ0v) is 29.0. The normalized spacial score (nSPS) is 10.6. The minimum absolute atomic E-state index is 0.159. The van der Waals surface area contributed by atoms with Gasteiger partial charge in [0.15, 0.2) is 0 Å². The number of aromatic nitrogens is 5. The highest BCUT2D eigenvalue weighted by molar-refractivity contribution is 5.80. The number of ether oxygens (including phenoxy) is 1. The van der Waals surface area contributed by atoms with Gasteiger partial charge in [0, 0.05) is 46.5 Å². The number of nitriles is 1. The van der Waals surface area contributed by atoms with Crippen molar-refractivity contribution in [3.63, 3.8) is 0 Å². The average molecular weight is 697 g/mol. The number of benzene rings is 4. The molecule has 3 aromatic heterocycles. The maximum absolute atomic E-state index is 9.98. The maximum Gasteiger partial charge on any atom is 0.233 e. The zero-order chi connectivity index (χ0) is 36.4. The van der Waals surface area contributed by atoms with Crippen LogP contribution in [0.1, 0.15) is 23.7 Å². The number of rotatable bonds is 13. The summed E-state index contributed by atoms with van der Waals surface area (Å²) in [5.74, 6) is 1.99. The van der Waals surface area contributed by atoms with Crippen LogP contribution in [-0.4, -0.2) is 31.5 Å². The molecule has 7 aromatic rings. The number of anilines is 7. The molecule has 3 heterocycles. The first kappa shape index (κ1) is 34.1. The largest absolute Gasteiger partial charge is 0.493 e. The summed E-state index contributed by atoms with van der Waals surface area (Å²) in [5.41, 5.74) is 14.3. The lowest BCUT2D eigenvalue weighted by atomic mass is 9.98. The van der Waals surface area contributed by atoms with Crippen LogP contribution in [0.15, 0.2) is 134 Å². The highest BCUT2D eigenvalue weighted by Gasteiger charge is 2.15. The van der Waals surface area contributed by atoms with Crippen molar-refractivity contribution in [2.45, 2.75) is 19.8 Å². The number of nitrogens with two attached hydrogens (primary N) is 1. The van der Waals surface area contributed by atoms with E-state index in [9.17, 15) is 5.26 Å². The van der Waals surface area contributed by atoms with Gasteiger partial charge >= 0.3 is 0 Å². The first-order valence-corrected chi connectivity index (χ1v) is 17.2. The van der Waals surface area contributed by atoms with Crippen LogP contribution >= 0.6 is 0 Å². The Balaban J connectivity index is 1.07. The van der Waals surface area contributed by atoms with E-state index in [0.29, 0.717) is 47.7 Å². The summed E-state index contributed by atoms with van der Waals surface area (Å²) < 4.78 is 5.98. The van der Waals surface area contributed by atoms with Crippen molar-refractivity contribution < 1.29 is 4.74 Å². The van der Waals surface area contributed by atoms with Crippen LogP contribution in [0.4, 0.5) is 40.7 Å². The molecule has 0 amide bonds. The van der Waals surface area contributed by atoms with Crippen molar-refractivity contribution in [3.05, 3.63) is 150 Å². The topological polar surface area (TPSA) is 160 Å².